The lowest BCUT2D eigenvalue weighted by molar-refractivity contribution is 0.318. The molecule has 2 aliphatic rings. The lowest BCUT2D eigenvalue weighted by Gasteiger charge is -2.20. The fourth-order valence-electron chi connectivity index (χ4n) is 3.48. The van der Waals surface area contributed by atoms with Crippen molar-refractivity contribution in [3.8, 4) is 5.75 Å². The van der Waals surface area contributed by atoms with Crippen LogP contribution in [0.5, 0.6) is 5.75 Å². The molecule has 0 aromatic heterocycles. The van der Waals surface area contributed by atoms with Gasteiger partial charge >= 0.3 is 0 Å². The molecule has 0 aliphatic heterocycles. The van der Waals surface area contributed by atoms with Gasteiger partial charge in [-0.15, -0.1) is 0 Å². The lowest BCUT2D eigenvalue weighted by atomic mass is 9.93. The Labute approximate surface area is 122 Å². The maximum absolute atomic E-state index is 5.87. The van der Waals surface area contributed by atoms with E-state index in [4.69, 9.17) is 4.74 Å². The van der Waals surface area contributed by atoms with Crippen molar-refractivity contribution in [2.24, 2.45) is 17.8 Å². The SMILES string of the molecule is CCCOc1cc(C)ccc1NCC1CC2C=CC1C2. The van der Waals surface area contributed by atoms with Crippen LogP contribution in [0.15, 0.2) is 30.4 Å². The predicted molar refractivity (Wildman–Crippen MR) is 84.3 cm³/mol. The van der Waals surface area contributed by atoms with E-state index in [0.717, 1.165) is 48.8 Å². The van der Waals surface area contributed by atoms with E-state index in [9.17, 15) is 0 Å². The van der Waals surface area contributed by atoms with Crippen molar-refractivity contribution in [2.75, 3.05) is 18.5 Å². The summed E-state index contributed by atoms with van der Waals surface area (Å²) < 4.78 is 5.87. The molecule has 2 bridgehead atoms. The van der Waals surface area contributed by atoms with Gasteiger partial charge in [-0.2, -0.15) is 0 Å². The maximum Gasteiger partial charge on any atom is 0.142 e. The summed E-state index contributed by atoms with van der Waals surface area (Å²) in [4.78, 5) is 0. The predicted octanol–water partition coefficient (Wildman–Crippen LogP) is 4.41. The number of hydrogen-bond donors (Lipinski definition) is 1. The van der Waals surface area contributed by atoms with E-state index < -0.39 is 0 Å². The second kappa shape index (κ2) is 5.90. The third kappa shape index (κ3) is 2.84. The van der Waals surface area contributed by atoms with Gasteiger partial charge in [-0.3, -0.25) is 0 Å². The molecule has 3 unspecified atom stereocenters. The highest BCUT2D eigenvalue weighted by atomic mass is 16.5. The highest BCUT2D eigenvalue weighted by Gasteiger charge is 2.35. The minimum atomic E-state index is 0.787. The summed E-state index contributed by atoms with van der Waals surface area (Å²) in [6, 6.07) is 6.45. The smallest absolute Gasteiger partial charge is 0.142 e. The number of rotatable bonds is 6. The van der Waals surface area contributed by atoms with Crippen LogP contribution in [0.25, 0.3) is 0 Å². The van der Waals surface area contributed by atoms with Crippen LogP contribution in [0.3, 0.4) is 0 Å². The van der Waals surface area contributed by atoms with Gasteiger partial charge in [-0.1, -0.05) is 25.1 Å². The molecule has 2 aliphatic carbocycles. The number of ether oxygens (including phenoxy) is 1. The van der Waals surface area contributed by atoms with Gasteiger partial charge in [0, 0.05) is 6.54 Å². The minimum absolute atomic E-state index is 0.787. The van der Waals surface area contributed by atoms with Crippen LogP contribution in [0.2, 0.25) is 0 Å². The highest BCUT2D eigenvalue weighted by molar-refractivity contribution is 5.57. The molecule has 0 amide bonds. The third-order valence-electron chi connectivity index (χ3n) is 4.57. The Bertz CT molecular complexity index is 494. The Kier molecular flexibility index (Phi) is 4.00. The quantitative estimate of drug-likeness (QED) is 0.774. The van der Waals surface area contributed by atoms with E-state index >= 15 is 0 Å². The summed E-state index contributed by atoms with van der Waals surface area (Å²) in [6.07, 6.45) is 8.60. The van der Waals surface area contributed by atoms with Crippen molar-refractivity contribution in [1.29, 1.82) is 0 Å². The summed E-state index contributed by atoms with van der Waals surface area (Å²) in [6.45, 7) is 6.11. The molecule has 3 atom stereocenters. The van der Waals surface area contributed by atoms with Gasteiger partial charge in [0.2, 0.25) is 0 Å². The monoisotopic (exact) mass is 271 g/mol. The van der Waals surface area contributed by atoms with Crippen LogP contribution in [-0.2, 0) is 0 Å². The number of allylic oxidation sites excluding steroid dienone is 2. The first-order valence-corrected chi connectivity index (χ1v) is 7.92. The molecule has 1 N–H and O–H groups in total. The van der Waals surface area contributed by atoms with Gasteiger partial charge in [-0.05, 0) is 61.6 Å². The number of hydrogen-bond acceptors (Lipinski definition) is 2. The first-order chi connectivity index (χ1) is 9.76. The van der Waals surface area contributed by atoms with Gasteiger partial charge in [0.25, 0.3) is 0 Å². The summed E-state index contributed by atoms with van der Waals surface area (Å²) >= 11 is 0. The minimum Gasteiger partial charge on any atom is -0.491 e. The van der Waals surface area contributed by atoms with Crippen molar-refractivity contribution in [2.45, 2.75) is 33.1 Å². The average Bonchev–Trinajstić information content (AvgIpc) is 3.06. The largest absolute Gasteiger partial charge is 0.491 e. The molecule has 3 rings (SSSR count). The van der Waals surface area contributed by atoms with Crippen molar-refractivity contribution >= 4 is 5.69 Å². The molecular weight excluding hydrogens is 246 g/mol. The van der Waals surface area contributed by atoms with Gasteiger partial charge in [0.05, 0.1) is 12.3 Å². The van der Waals surface area contributed by atoms with E-state index in [0.29, 0.717) is 0 Å². The molecule has 1 aromatic rings. The average molecular weight is 271 g/mol. The Morgan fingerprint density at radius 2 is 2.15 bits per heavy atom. The number of aryl methyl sites for hydroxylation is 1. The Balaban J connectivity index is 1.63. The van der Waals surface area contributed by atoms with E-state index in [1.807, 2.05) is 0 Å². The third-order valence-corrected chi connectivity index (χ3v) is 4.57. The molecule has 20 heavy (non-hydrogen) atoms. The van der Waals surface area contributed by atoms with Crippen molar-refractivity contribution in [3.63, 3.8) is 0 Å². The van der Waals surface area contributed by atoms with E-state index in [-0.39, 0.29) is 0 Å². The normalized spacial score (nSPS) is 27.0. The molecule has 2 nitrogen and oxygen atoms in total. The summed E-state index contributed by atoms with van der Waals surface area (Å²) in [5.74, 6) is 3.45. The van der Waals surface area contributed by atoms with E-state index in [2.05, 4.69) is 49.5 Å². The van der Waals surface area contributed by atoms with Crippen LogP contribution in [0.4, 0.5) is 5.69 Å². The maximum atomic E-state index is 5.87. The summed E-state index contributed by atoms with van der Waals surface area (Å²) in [5.41, 5.74) is 2.40. The first kappa shape index (κ1) is 13.5. The van der Waals surface area contributed by atoms with Gasteiger partial charge in [0.1, 0.15) is 5.75 Å². The highest BCUT2D eigenvalue weighted by Crippen LogP contribution is 2.43. The molecule has 1 fully saturated rings. The zero-order valence-corrected chi connectivity index (χ0v) is 12.6. The number of anilines is 1. The number of nitrogens with one attached hydrogen (secondary N) is 1. The second-order valence-corrected chi connectivity index (χ2v) is 6.27. The fraction of sp³-hybridized carbons (Fsp3) is 0.556. The van der Waals surface area contributed by atoms with Gasteiger partial charge in [0.15, 0.2) is 0 Å². The number of fused-ring (bicyclic) bond motifs is 2. The molecule has 0 spiro atoms. The molecular formula is C18H25NO. The van der Waals surface area contributed by atoms with Gasteiger partial charge < -0.3 is 10.1 Å². The zero-order chi connectivity index (χ0) is 13.9. The zero-order valence-electron chi connectivity index (χ0n) is 12.6. The Morgan fingerprint density at radius 3 is 2.85 bits per heavy atom. The standard InChI is InChI=1S/C18H25NO/c1-3-8-20-18-9-13(2)4-7-17(18)19-12-16-11-14-5-6-15(16)10-14/h4-7,9,14-16,19H,3,8,10-12H2,1-2H3. The molecule has 108 valence electrons. The molecule has 0 heterocycles. The molecule has 2 heteroatoms. The molecule has 1 saturated carbocycles. The van der Waals surface area contributed by atoms with E-state index in [1.165, 1.54) is 18.4 Å². The number of benzene rings is 1. The second-order valence-electron chi connectivity index (χ2n) is 6.27. The van der Waals surface area contributed by atoms with E-state index in [1.54, 1.807) is 0 Å². The van der Waals surface area contributed by atoms with Crippen LogP contribution in [0.1, 0.15) is 31.7 Å². The molecule has 1 aromatic carbocycles. The summed E-state index contributed by atoms with van der Waals surface area (Å²) in [5, 5.41) is 3.62. The first-order valence-electron chi connectivity index (χ1n) is 7.92. The Morgan fingerprint density at radius 1 is 1.25 bits per heavy atom. The van der Waals surface area contributed by atoms with Gasteiger partial charge in [-0.25, -0.2) is 0 Å². The van der Waals surface area contributed by atoms with Crippen LogP contribution in [0, 0.1) is 24.7 Å². The molecule has 0 radical (unpaired) electrons. The van der Waals surface area contributed by atoms with Crippen LogP contribution >= 0.6 is 0 Å². The topological polar surface area (TPSA) is 21.3 Å². The lowest BCUT2D eigenvalue weighted by Crippen LogP contribution is -2.18. The Hall–Kier alpha value is -1.44. The van der Waals surface area contributed by atoms with Crippen LogP contribution in [-0.4, -0.2) is 13.2 Å². The van der Waals surface area contributed by atoms with Crippen molar-refractivity contribution in [1.82, 2.24) is 0 Å². The summed E-state index contributed by atoms with van der Waals surface area (Å²) in [7, 11) is 0. The van der Waals surface area contributed by atoms with Crippen LogP contribution < -0.4 is 10.1 Å². The van der Waals surface area contributed by atoms with Crippen molar-refractivity contribution in [3.05, 3.63) is 35.9 Å². The fourth-order valence-corrected chi connectivity index (χ4v) is 3.48. The molecule has 0 saturated heterocycles. The van der Waals surface area contributed by atoms with Crippen molar-refractivity contribution < 1.29 is 4.74 Å².